The van der Waals surface area contributed by atoms with Gasteiger partial charge in [0.1, 0.15) is 11.6 Å². The molecule has 8 aromatic rings. The molecule has 0 aliphatic heterocycles. The molecule has 0 amide bonds. The maximum Gasteiger partial charge on any atom is 0.148 e. The Morgan fingerprint density at radius 2 is 1.32 bits per heavy atom. The average Bonchev–Trinajstić information content (AvgIpc) is 3.52. The molecular formula is C48H44N3OPt-. The summed E-state index contributed by atoms with van der Waals surface area (Å²) in [5.41, 5.74) is 11.0. The first-order valence-corrected chi connectivity index (χ1v) is 18.3. The number of pyridine rings is 1. The van der Waals surface area contributed by atoms with Crippen molar-refractivity contribution in [2.45, 2.75) is 65.7 Å². The van der Waals surface area contributed by atoms with Crippen LogP contribution >= 0.6 is 0 Å². The second-order valence-corrected chi connectivity index (χ2v) is 15.6. The van der Waals surface area contributed by atoms with Gasteiger partial charge in [0.15, 0.2) is 0 Å². The van der Waals surface area contributed by atoms with Crippen LogP contribution in [0, 0.1) is 6.07 Å². The third-order valence-electron chi connectivity index (χ3n) is 10.3. The summed E-state index contributed by atoms with van der Waals surface area (Å²) < 4.78 is 2.32. The number of hydrogen-bond donors (Lipinski definition) is 1. The molecule has 6 aromatic carbocycles. The molecule has 0 bridgehead atoms. The summed E-state index contributed by atoms with van der Waals surface area (Å²) in [6, 6.07) is 43.9. The number of aromatic nitrogens is 3. The van der Waals surface area contributed by atoms with Crippen LogP contribution in [0.15, 0.2) is 121 Å². The number of phenolic OH excluding ortho intramolecular Hbond substituents is 1. The molecule has 2 aromatic heterocycles. The van der Waals surface area contributed by atoms with E-state index in [4.69, 9.17) is 9.97 Å². The van der Waals surface area contributed by atoms with Gasteiger partial charge in [0.25, 0.3) is 0 Å². The van der Waals surface area contributed by atoms with E-state index in [0.29, 0.717) is 11.4 Å². The Morgan fingerprint density at radius 3 is 2.00 bits per heavy atom. The fourth-order valence-electron chi connectivity index (χ4n) is 7.47. The number of imidazole rings is 1. The fourth-order valence-corrected chi connectivity index (χ4v) is 7.47. The molecule has 2 heterocycles. The van der Waals surface area contributed by atoms with Gasteiger partial charge in [-0.3, -0.25) is 9.55 Å². The van der Waals surface area contributed by atoms with Crippen LogP contribution in [0.1, 0.15) is 77.0 Å². The van der Waals surface area contributed by atoms with Gasteiger partial charge in [-0.1, -0.05) is 161 Å². The van der Waals surface area contributed by atoms with E-state index >= 15 is 0 Å². The number of nitrogens with zero attached hydrogens (tertiary/aromatic N) is 3. The summed E-state index contributed by atoms with van der Waals surface area (Å²) in [6.45, 7) is 15.8. The van der Waals surface area contributed by atoms with Crippen LogP contribution in [-0.2, 0) is 26.5 Å². The molecule has 0 unspecified atom stereocenters. The van der Waals surface area contributed by atoms with Crippen molar-refractivity contribution in [1.82, 2.24) is 14.5 Å². The van der Waals surface area contributed by atoms with Crippen LogP contribution in [0.25, 0.3) is 72.0 Å². The van der Waals surface area contributed by atoms with Gasteiger partial charge in [0, 0.05) is 33.0 Å². The van der Waals surface area contributed by atoms with Gasteiger partial charge in [-0.2, -0.15) is 0 Å². The maximum absolute atomic E-state index is 11.4. The van der Waals surface area contributed by atoms with Crippen LogP contribution < -0.4 is 0 Å². The minimum atomic E-state index is -0.168. The normalized spacial score (nSPS) is 11.9. The van der Waals surface area contributed by atoms with Gasteiger partial charge in [-0.15, -0.1) is 17.7 Å². The van der Waals surface area contributed by atoms with E-state index in [-0.39, 0.29) is 44.1 Å². The molecular weight excluding hydrogens is 830 g/mol. The largest absolute Gasteiger partial charge is 0.507 e. The van der Waals surface area contributed by atoms with E-state index in [9.17, 15) is 5.11 Å². The molecule has 5 heteroatoms. The van der Waals surface area contributed by atoms with Crippen molar-refractivity contribution in [3.05, 3.63) is 144 Å². The smallest absolute Gasteiger partial charge is 0.148 e. The van der Waals surface area contributed by atoms with Gasteiger partial charge in [0.2, 0.25) is 0 Å². The van der Waals surface area contributed by atoms with Crippen molar-refractivity contribution in [2.24, 2.45) is 0 Å². The van der Waals surface area contributed by atoms with E-state index in [1.165, 1.54) is 16.7 Å². The molecule has 0 radical (unpaired) electrons. The van der Waals surface area contributed by atoms with Crippen molar-refractivity contribution in [3.8, 4) is 45.2 Å². The Morgan fingerprint density at radius 1 is 0.679 bits per heavy atom. The topological polar surface area (TPSA) is 50.9 Å². The zero-order valence-corrected chi connectivity index (χ0v) is 33.6. The summed E-state index contributed by atoms with van der Waals surface area (Å²) in [7, 11) is 0. The Hall–Kier alpha value is -5.05. The van der Waals surface area contributed by atoms with Gasteiger partial charge in [0.05, 0.1) is 22.3 Å². The molecule has 0 saturated carbocycles. The van der Waals surface area contributed by atoms with Gasteiger partial charge >= 0.3 is 0 Å². The Kier molecular flexibility index (Phi) is 9.64. The van der Waals surface area contributed by atoms with Crippen LogP contribution in [0.5, 0.6) is 5.75 Å². The van der Waals surface area contributed by atoms with Gasteiger partial charge < -0.3 is 5.11 Å². The van der Waals surface area contributed by atoms with Crippen molar-refractivity contribution in [3.63, 3.8) is 0 Å². The zero-order valence-electron chi connectivity index (χ0n) is 31.3. The molecule has 0 aliphatic rings. The van der Waals surface area contributed by atoms with Crippen molar-refractivity contribution in [2.75, 3.05) is 0 Å². The number of aromatic hydroxyl groups is 1. The van der Waals surface area contributed by atoms with Crippen LogP contribution in [0.2, 0.25) is 0 Å². The standard InChI is InChI=1S/C48H44N3O.Pt/c1-29(2)36-20-14-21-37(30(3)4)46(36)51-43-27-35(48(5,6)7)26-41(45(43)50-47(51)39-19-12-13-22-44(39)52)40-24-34(23-32-16-10-11-18-38(32)40)42-25-31-15-8-9-17-33(31)28-49-42;/h8-23,25-30,52H,1-7H3;/q-1;. The predicted octanol–water partition coefficient (Wildman–Crippen LogP) is 12.8. The molecule has 0 saturated heterocycles. The number of para-hydroxylation sites is 2. The van der Waals surface area contributed by atoms with E-state index in [2.05, 4.69) is 144 Å². The molecule has 8 rings (SSSR count). The number of phenols is 1. The van der Waals surface area contributed by atoms with Gasteiger partial charge in [-0.25, -0.2) is 4.98 Å². The molecule has 0 aliphatic carbocycles. The number of hydrogen-bond acceptors (Lipinski definition) is 3. The predicted molar refractivity (Wildman–Crippen MR) is 218 cm³/mol. The first kappa shape index (κ1) is 36.3. The van der Waals surface area contributed by atoms with Crippen molar-refractivity contribution in [1.29, 1.82) is 0 Å². The third kappa shape index (κ3) is 6.48. The quantitative estimate of drug-likeness (QED) is 0.169. The first-order valence-electron chi connectivity index (χ1n) is 18.3. The summed E-state index contributed by atoms with van der Waals surface area (Å²) in [5, 5.41) is 15.9. The molecule has 0 spiro atoms. The number of benzene rings is 6. The molecule has 0 fully saturated rings. The summed E-state index contributed by atoms with van der Waals surface area (Å²) in [4.78, 5) is 10.5. The third-order valence-corrected chi connectivity index (χ3v) is 10.3. The molecule has 53 heavy (non-hydrogen) atoms. The van der Waals surface area contributed by atoms with E-state index in [1.807, 2.05) is 30.5 Å². The van der Waals surface area contributed by atoms with E-state index in [0.717, 1.165) is 60.6 Å². The van der Waals surface area contributed by atoms with Crippen LogP contribution in [0.3, 0.4) is 0 Å². The van der Waals surface area contributed by atoms with Crippen LogP contribution in [0.4, 0.5) is 0 Å². The zero-order chi connectivity index (χ0) is 36.3. The van der Waals surface area contributed by atoms with Crippen molar-refractivity contribution < 1.29 is 26.2 Å². The second kappa shape index (κ2) is 14.1. The molecule has 4 nitrogen and oxygen atoms in total. The second-order valence-electron chi connectivity index (χ2n) is 15.6. The Balaban J connectivity index is 0.00000435. The minimum Gasteiger partial charge on any atom is -0.507 e. The number of fused-ring (bicyclic) bond motifs is 3. The molecule has 268 valence electrons. The summed E-state index contributed by atoms with van der Waals surface area (Å²) >= 11 is 0. The Bertz CT molecular complexity index is 2620. The van der Waals surface area contributed by atoms with Gasteiger partial charge in [-0.05, 0) is 62.9 Å². The van der Waals surface area contributed by atoms with Crippen molar-refractivity contribution >= 4 is 32.6 Å². The summed E-state index contributed by atoms with van der Waals surface area (Å²) in [5.74, 6) is 1.44. The van der Waals surface area contributed by atoms with E-state index < -0.39 is 0 Å². The fraction of sp³-hybridized carbons (Fsp3) is 0.208. The average molecular weight is 874 g/mol. The maximum atomic E-state index is 11.4. The SMILES string of the molecule is CC(C)c1cccc(C(C)C)c1-n1c(-c2ccccc2O)nc2c(-c3[c-]c(-c4cc5ccccc5cn4)cc4ccccc34)cc(C(C)(C)C)cc21.[Pt]. The molecule has 1 N–H and O–H groups in total. The van der Waals surface area contributed by atoms with Crippen LogP contribution in [-0.4, -0.2) is 19.6 Å². The molecule has 0 atom stereocenters. The summed E-state index contributed by atoms with van der Waals surface area (Å²) in [6.07, 6.45) is 1.95. The Labute approximate surface area is 326 Å². The van der Waals surface area contributed by atoms with E-state index in [1.54, 1.807) is 6.07 Å². The minimum absolute atomic E-state index is 0. The number of rotatable bonds is 6. The first-order chi connectivity index (χ1) is 25.0. The monoisotopic (exact) mass is 873 g/mol.